The highest BCUT2D eigenvalue weighted by atomic mass is 16.5. The number of amides is 1. The lowest BCUT2D eigenvalue weighted by Crippen LogP contribution is -2.48. The summed E-state index contributed by atoms with van der Waals surface area (Å²) < 4.78 is 11.1. The zero-order chi connectivity index (χ0) is 14.5. The minimum atomic E-state index is -0.0459. The summed E-state index contributed by atoms with van der Waals surface area (Å²) in [5, 5.41) is 0. The van der Waals surface area contributed by atoms with Crippen LogP contribution in [-0.4, -0.2) is 73.2 Å². The molecule has 0 radical (unpaired) electrons. The summed E-state index contributed by atoms with van der Waals surface area (Å²) in [4.78, 5) is 20.5. The molecular weight excluding hydrogens is 270 g/mol. The van der Waals surface area contributed by atoms with Gasteiger partial charge in [0, 0.05) is 32.0 Å². The van der Waals surface area contributed by atoms with Gasteiger partial charge in [-0.1, -0.05) is 0 Å². The Balaban J connectivity index is 1.56. The standard InChI is InChI=1S/C15H21N3O3/c19-15(12-17-5-8-20-9-6-17)18-7-10-21-14(11-18)13-1-3-16-4-2-13/h1-4,14H,5-12H2. The van der Waals surface area contributed by atoms with E-state index in [0.717, 1.165) is 31.9 Å². The van der Waals surface area contributed by atoms with Gasteiger partial charge in [0.1, 0.15) is 6.10 Å². The minimum absolute atomic E-state index is 0.0459. The Labute approximate surface area is 124 Å². The van der Waals surface area contributed by atoms with E-state index in [1.54, 1.807) is 12.4 Å². The molecule has 2 aliphatic rings. The van der Waals surface area contributed by atoms with E-state index in [1.165, 1.54) is 0 Å². The van der Waals surface area contributed by atoms with Gasteiger partial charge in [0.05, 0.1) is 32.9 Å². The van der Waals surface area contributed by atoms with E-state index in [2.05, 4.69) is 9.88 Å². The Bertz CT molecular complexity index is 462. The van der Waals surface area contributed by atoms with Crippen molar-refractivity contribution < 1.29 is 14.3 Å². The molecule has 114 valence electrons. The largest absolute Gasteiger partial charge is 0.379 e. The first kappa shape index (κ1) is 14.4. The number of pyridine rings is 1. The van der Waals surface area contributed by atoms with Gasteiger partial charge in [-0.25, -0.2) is 0 Å². The molecule has 1 aromatic heterocycles. The van der Waals surface area contributed by atoms with Gasteiger partial charge in [0.25, 0.3) is 0 Å². The van der Waals surface area contributed by atoms with Crippen LogP contribution in [0.4, 0.5) is 0 Å². The maximum Gasteiger partial charge on any atom is 0.236 e. The van der Waals surface area contributed by atoms with Gasteiger partial charge in [-0.2, -0.15) is 0 Å². The first-order chi connectivity index (χ1) is 10.3. The summed E-state index contributed by atoms with van der Waals surface area (Å²) >= 11 is 0. The van der Waals surface area contributed by atoms with Crippen molar-refractivity contribution in [1.82, 2.24) is 14.8 Å². The number of hydrogen-bond acceptors (Lipinski definition) is 5. The summed E-state index contributed by atoms with van der Waals surface area (Å²) in [5.41, 5.74) is 1.08. The predicted octanol–water partition coefficient (Wildman–Crippen LogP) is 0.314. The van der Waals surface area contributed by atoms with Crippen LogP contribution in [0.15, 0.2) is 24.5 Å². The Kier molecular flexibility index (Phi) is 4.80. The van der Waals surface area contributed by atoms with Gasteiger partial charge < -0.3 is 14.4 Å². The third-order valence-corrected chi connectivity index (χ3v) is 3.96. The van der Waals surface area contributed by atoms with Crippen LogP contribution in [-0.2, 0) is 14.3 Å². The van der Waals surface area contributed by atoms with Gasteiger partial charge in [-0.05, 0) is 17.7 Å². The topological polar surface area (TPSA) is 54.9 Å². The highest BCUT2D eigenvalue weighted by Gasteiger charge is 2.26. The zero-order valence-corrected chi connectivity index (χ0v) is 12.1. The summed E-state index contributed by atoms with van der Waals surface area (Å²) in [6, 6.07) is 3.89. The maximum absolute atomic E-state index is 12.4. The number of rotatable bonds is 3. The molecule has 2 saturated heterocycles. The molecule has 0 spiro atoms. The van der Waals surface area contributed by atoms with Crippen LogP contribution in [0.25, 0.3) is 0 Å². The number of aromatic nitrogens is 1. The maximum atomic E-state index is 12.4. The Morgan fingerprint density at radius 1 is 1.19 bits per heavy atom. The van der Waals surface area contributed by atoms with Crippen LogP contribution in [0.1, 0.15) is 11.7 Å². The van der Waals surface area contributed by atoms with E-state index in [-0.39, 0.29) is 12.0 Å². The monoisotopic (exact) mass is 291 g/mol. The molecule has 3 rings (SSSR count). The van der Waals surface area contributed by atoms with Crippen LogP contribution < -0.4 is 0 Å². The van der Waals surface area contributed by atoms with E-state index < -0.39 is 0 Å². The van der Waals surface area contributed by atoms with Gasteiger partial charge in [0.2, 0.25) is 5.91 Å². The summed E-state index contributed by atoms with van der Waals surface area (Å²) in [7, 11) is 0. The second-order valence-corrected chi connectivity index (χ2v) is 5.37. The number of morpholine rings is 2. The van der Waals surface area contributed by atoms with E-state index in [0.29, 0.717) is 26.2 Å². The second kappa shape index (κ2) is 6.98. The van der Waals surface area contributed by atoms with Gasteiger partial charge in [-0.15, -0.1) is 0 Å². The molecule has 1 amide bonds. The van der Waals surface area contributed by atoms with E-state index >= 15 is 0 Å². The fourth-order valence-electron chi connectivity index (χ4n) is 2.71. The molecule has 6 heteroatoms. The van der Waals surface area contributed by atoms with E-state index in [9.17, 15) is 4.79 Å². The number of hydrogen-bond donors (Lipinski definition) is 0. The van der Waals surface area contributed by atoms with Crippen molar-refractivity contribution in [3.05, 3.63) is 30.1 Å². The third kappa shape index (κ3) is 3.78. The number of carbonyl (C=O) groups is 1. The highest BCUT2D eigenvalue weighted by molar-refractivity contribution is 5.78. The van der Waals surface area contributed by atoms with Crippen molar-refractivity contribution in [1.29, 1.82) is 0 Å². The van der Waals surface area contributed by atoms with Crippen LogP contribution in [0.3, 0.4) is 0 Å². The average molecular weight is 291 g/mol. The molecule has 0 aliphatic carbocycles. The first-order valence-corrected chi connectivity index (χ1v) is 7.42. The molecule has 2 fully saturated rings. The first-order valence-electron chi connectivity index (χ1n) is 7.42. The SMILES string of the molecule is O=C(CN1CCOCC1)N1CCOC(c2ccncc2)C1. The normalized spacial score (nSPS) is 24.0. The van der Waals surface area contributed by atoms with Crippen molar-refractivity contribution in [2.24, 2.45) is 0 Å². The Morgan fingerprint density at radius 2 is 1.95 bits per heavy atom. The van der Waals surface area contributed by atoms with E-state index in [4.69, 9.17) is 9.47 Å². The molecule has 3 heterocycles. The van der Waals surface area contributed by atoms with Crippen molar-refractivity contribution in [2.45, 2.75) is 6.10 Å². The highest BCUT2D eigenvalue weighted by Crippen LogP contribution is 2.21. The fraction of sp³-hybridized carbons (Fsp3) is 0.600. The van der Waals surface area contributed by atoms with Gasteiger partial charge in [-0.3, -0.25) is 14.7 Å². The lowest BCUT2D eigenvalue weighted by atomic mass is 10.1. The Morgan fingerprint density at radius 3 is 2.71 bits per heavy atom. The second-order valence-electron chi connectivity index (χ2n) is 5.37. The van der Waals surface area contributed by atoms with Crippen LogP contribution >= 0.6 is 0 Å². The van der Waals surface area contributed by atoms with Crippen molar-refractivity contribution in [3.8, 4) is 0 Å². The quantitative estimate of drug-likeness (QED) is 0.802. The summed E-state index contributed by atoms with van der Waals surface area (Å²) in [6.45, 7) is 5.46. The summed E-state index contributed by atoms with van der Waals surface area (Å²) in [6.07, 6.45) is 3.47. The lowest BCUT2D eigenvalue weighted by Gasteiger charge is -2.35. The van der Waals surface area contributed by atoms with Crippen molar-refractivity contribution >= 4 is 5.91 Å². The average Bonchev–Trinajstić information content (AvgIpc) is 2.57. The van der Waals surface area contributed by atoms with Gasteiger partial charge in [0.15, 0.2) is 0 Å². The van der Waals surface area contributed by atoms with Crippen LogP contribution in [0, 0.1) is 0 Å². The molecule has 0 N–H and O–H groups in total. The molecule has 1 unspecified atom stereocenters. The molecule has 1 atom stereocenters. The lowest BCUT2D eigenvalue weighted by molar-refractivity contribution is -0.141. The zero-order valence-electron chi connectivity index (χ0n) is 12.1. The molecule has 21 heavy (non-hydrogen) atoms. The van der Waals surface area contributed by atoms with E-state index in [1.807, 2.05) is 17.0 Å². The molecule has 2 aliphatic heterocycles. The van der Waals surface area contributed by atoms with Gasteiger partial charge >= 0.3 is 0 Å². The number of nitrogens with zero attached hydrogens (tertiary/aromatic N) is 3. The smallest absolute Gasteiger partial charge is 0.236 e. The molecule has 0 aromatic carbocycles. The molecule has 1 aromatic rings. The van der Waals surface area contributed by atoms with Crippen molar-refractivity contribution in [3.63, 3.8) is 0 Å². The summed E-state index contributed by atoms with van der Waals surface area (Å²) in [5.74, 6) is 0.180. The van der Waals surface area contributed by atoms with Crippen LogP contribution in [0.5, 0.6) is 0 Å². The molecule has 0 bridgehead atoms. The minimum Gasteiger partial charge on any atom is -0.379 e. The molecular formula is C15H21N3O3. The predicted molar refractivity (Wildman–Crippen MR) is 76.8 cm³/mol. The number of carbonyl (C=O) groups excluding carboxylic acids is 1. The van der Waals surface area contributed by atoms with Crippen molar-refractivity contribution in [2.75, 3.05) is 52.5 Å². The molecule has 0 saturated carbocycles. The number of ether oxygens (including phenoxy) is 2. The fourth-order valence-corrected chi connectivity index (χ4v) is 2.71. The third-order valence-electron chi connectivity index (χ3n) is 3.96. The molecule has 6 nitrogen and oxygen atoms in total. The Hall–Kier alpha value is -1.50. The van der Waals surface area contributed by atoms with Crippen LogP contribution in [0.2, 0.25) is 0 Å².